The van der Waals surface area contributed by atoms with Crippen LogP contribution in [-0.2, 0) is 16.1 Å². The lowest BCUT2D eigenvalue weighted by molar-refractivity contribution is -0.137. The summed E-state index contributed by atoms with van der Waals surface area (Å²) in [5.74, 6) is 0.297. The van der Waals surface area contributed by atoms with Crippen molar-refractivity contribution >= 4 is 11.8 Å². The third-order valence-electron chi connectivity index (χ3n) is 5.04. The quantitative estimate of drug-likeness (QED) is 0.761. The zero-order valence-electron chi connectivity index (χ0n) is 16.9. The summed E-state index contributed by atoms with van der Waals surface area (Å²) in [5.41, 5.74) is 1.99. The molecule has 2 aromatic rings. The first-order chi connectivity index (χ1) is 13.4. The number of benzene rings is 1. The molecule has 0 spiro atoms. The lowest BCUT2D eigenvalue weighted by atomic mass is 10.1. The largest absolute Gasteiger partial charge is 0.340 e. The van der Waals surface area contributed by atoms with E-state index >= 15 is 0 Å². The van der Waals surface area contributed by atoms with E-state index in [9.17, 15) is 9.59 Å². The van der Waals surface area contributed by atoms with E-state index in [-0.39, 0.29) is 17.7 Å². The van der Waals surface area contributed by atoms with Crippen LogP contribution in [0.3, 0.4) is 0 Å². The Kier molecular flexibility index (Phi) is 6.46. The van der Waals surface area contributed by atoms with Crippen molar-refractivity contribution in [3.63, 3.8) is 0 Å². The summed E-state index contributed by atoms with van der Waals surface area (Å²) in [5, 5.41) is 4.38. The monoisotopic (exact) mass is 383 g/mol. The van der Waals surface area contributed by atoms with E-state index in [1.54, 1.807) is 11.1 Å². The van der Waals surface area contributed by atoms with Gasteiger partial charge in [0, 0.05) is 57.4 Å². The molecule has 0 bridgehead atoms. The van der Waals surface area contributed by atoms with Crippen LogP contribution in [0.4, 0.5) is 0 Å². The van der Waals surface area contributed by atoms with Crippen molar-refractivity contribution in [2.45, 2.75) is 20.4 Å². The van der Waals surface area contributed by atoms with E-state index in [0.29, 0.717) is 26.2 Å². The molecule has 1 aliphatic rings. The van der Waals surface area contributed by atoms with Crippen molar-refractivity contribution in [2.24, 2.45) is 5.92 Å². The zero-order chi connectivity index (χ0) is 20.1. The van der Waals surface area contributed by atoms with Gasteiger partial charge >= 0.3 is 0 Å². The number of hydrogen-bond acceptors (Lipinski definition) is 4. The van der Waals surface area contributed by atoms with Gasteiger partial charge < -0.3 is 9.80 Å². The molecule has 3 rings (SSSR count). The lowest BCUT2D eigenvalue weighted by Gasteiger charge is -2.35. The van der Waals surface area contributed by atoms with Gasteiger partial charge in [-0.25, -0.2) is 4.68 Å². The second-order valence-electron chi connectivity index (χ2n) is 7.63. The molecule has 0 saturated carbocycles. The molecule has 0 unspecified atom stereocenters. The molecule has 1 aliphatic heterocycles. The topological polar surface area (TPSA) is 61.7 Å². The minimum atomic E-state index is 0.0242. The second kappa shape index (κ2) is 9.01. The molecule has 0 atom stereocenters. The summed E-state index contributed by atoms with van der Waals surface area (Å²) in [6.07, 6.45) is 3.75. The Bertz CT molecular complexity index is 794. The van der Waals surface area contributed by atoms with Gasteiger partial charge in [-0.1, -0.05) is 32.0 Å². The maximum Gasteiger partial charge on any atom is 0.236 e. The Morgan fingerprint density at radius 2 is 1.79 bits per heavy atom. The molecule has 1 saturated heterocycles. The van der Waals surface area contributed by atoms with Gasteiger partial charge in [-0.05, 0) is 12.1 Å². The number of rotatable bonds is 6. The molecule has 0 aliphatic carbocycles. The Balaban J connectivity index is 1.48. The minimum absolute atomic E-state index is 0.0242. The summed E-state index contributed by atoms with van der Waals surface area (Å²) in [6, 6.07) is 9.91. The smallest absolute Gasteiger partial charge is 0.236 e. The summed E-state index contributed by atoms with van der Waals surface area (Å²) >= 11 is 0. The molecular weight excluding hydrogens is 354 g/mol. The first-order valence-corrected chi connectivity index (χ1v) is 9.78. The summed E-state index contributed by atoms with van der Waals surface area (Å²) in [4.78, 5) is 30.4. The number of carbonyl (C=O) groups is 2. The summed E-state index contributed by atoms with van der Waals surface area (Å²) in [6.45, 7) is 7.62. The summed E-state index contributed by atoms with van der Waals surface area (Å²) in [7, 11) is 1.82. The van der Waals surface area contributed by atoms with Crippen molar-refractivity contribution in [3.05, 3.63) is 48.3 Å². The first-order valence-electron chi connectivity index (χ1n) is 9.78. The molecule has 1 fully saturated rings. The van der Waals surface area contributed by atoms with Crippen molar-refractivity contribution in [3.8, 4) is 5.69 Å². The van der Waals surface area contributed by atoms with E-state index in [2.05, 4.69) is 10.00 Å². The molecule has 1 aromatic carbocycles. The average molecular weight is 383 g/mol. The fourth-order valence-electron chi connectivity index (χ4n) is 3.33. The highest BCUT2D eigenvalue weighted by atomic mass is 16.2. The Morgan fingerprint density at radius 1 is 1.11 bits per heavy atom. The molecular formula is C21H29N5O2. The van der Waals surface area contributed by atoms with Gasteiger partial charge in [0.25, 0.3) is 0 Å². The van der Waals surface area contributed by atoms with Gasteiger partial charge in [-0.2, -0.15) is 5.10 Å². The molecule has 150 valence electrons. The number of amides is 2. The number of aromatic nitrogens is 2. The van der Waals surface area contributed by atoms with E-state index in [0.717, 1.165) is 24.3 Å². The van der Waals surface area contributed by atoms with Gasteiger partial charge in [0.15, 0.2) is 0 Å². The molecule has 0 N–H and O–H groups in total. The number of hydrogen-bond donors (Lipinski definition) is 0. The third-order valence-corrected chi connectivity index (χ3v) is 5.04. The van der Waals surface area contributed by atoms with Crippen molar-refractivity contribution in [1.29, 1.82) is 0 Å². The van der Waals surface area contributed by atoms with Gasteiger partial charge in [0.05, 0.1) is 18.4 Å². The minimum Gasteiger partial charge on any atom is -0.340 e. The summed E-state index contributed by atoms with van der Waals surface area (Å²) < 4.78 is 1.82. The van der Waals surface area contributed by atoms with Gasteiger partial charge in [0.1, 0.15) is 0 Å². The maximum atomic E-state index is 12.6. The van der Waals surface area contributed by atoms with Crippen LogP contribution in [0.25, 0.3) is 5.69 Å². The standard InChI is InChI=1S/C21H29N5O2/c1-17(2)21(28)25-11-9-24(10-12-25)16-20(27)23(3)14-18-13-22-26(15-18)19-7-5-4-6-8-19/h4-8,13,15,17H,9-12,14,16H2,1-3H3. The molecule has 2 heterocycles. The van der Waals surface area contributed by atoms with Gasteiger partial charge in [-0.15, -0.1) is 0 Å². The Labute approximate surface area is 166 Å². The van der Waals surface area contributed by atoms with Gasteiger partial charge in [0.2, 0.25) is 11.8 Å². The van der Waals surface area contributed by atoms with Crippen molar-refractivity contribution in [2.75, 3.05) is 39.8 Å². The number of likely N-dealkylation sites (N-methyl/N-ethyl adjacent to an activating group) is 1. The van der Waals surface area contributed by atoms with Crippen molar-refractivity contribution in [1.82, 2.24) is 24.5 Å². The average Bonchev–Trinajstić information content (AvgIpc) is 3.17. The number of nitrogens with zero attached hydrogens (tertiary/aromatic N) is 5. The van der Waals surface area contributed by atoms with Crippen LogP contribution in [0, 0.1) is 5.92 Å². The highest BCUT2D eigenvalue weighted by Crippen LogP contribution is 2.11. The molecule has 2 amide bonds. The molecule has 28 heavy (non-hydrogen) atoms. The zero-order valence-corrected chi connectivity index (χ0v) is 16.9. The van der Waals surface area contributed by atoms with Crippen LogP contribution >= 0.6 is 0 Å². The molecule has 0 radical (unpaired) electrons. The van der Waals surface area contributed by atoms with Crippen LogP contribution < -0.4 is 0 Å². The van der Waals surface area contributed by atoms with E-state index in [1.165, 1.54) is 0 Å². The highest BCUT2D eigenvalue weighted by Gasteiger charge is 2.24. The van der Waals surface area contributed by atoms with Gasteiger partial charge in [-0.3, -0.25) is 14.5 Å². The Morgan fingerprint density at radius 3 is 2.43 bits per heavy atom. The molecule has 1 aromatic heterocycles. The van der Waals surface area contributed by atoms with E-state index in [1.807, 2.05) is 67.0 Å². The number of carbonyl (C=O) groups excluding carboxylic acids is 2. The SMILES string of the molecule is CC(C)C(=O)N1CCN(CC(=O)N(C)Cc2cnn(-c3ccccc3)c2)CC1. The Hall–Kier alpha value is -2.67. The fourth-order valence-corrected chi connectivity index (χ4v) is 3.33. The third kappa shape index (κ3) is 4.98. The predicted molar refractivity (Wildman–Crippen MR) is 108 cm³/mol. The lowest BCUT2D eigenvalue weighted by Crippen LogP contribution is -2.52. The fraction of sp³-hybridized carbons (Fsp3) is 0.476. The number of piperazine rings is 1. The van der Waals surface area contributed by atoms with Crippen LogP contribution in [0.2, 0.25) is 0 Å². The maximum absolute atomic E-state index is 12.6. The van der Waals surface area contributed by atoms with E-state index in [4.69, 9.17) is 0 Å². The van der Waals surface area contributed by atoms with E-state index < -0.39 is 0 Å². The van der Waals surface area contributed by atoms with Crippen LogP contribution in [0.15, 0.2) is 42.7 Å². The molecule has 7 nitrogen and oxygen atoms in total. The first kappa shape index (κ1) is 20.1. The second-order valence-corrected chi connectivity index (χ2v) is 7.63. The van der Waals surface area contributed by atoms with Crippen LogP contribution in [-0.4, -0.2) is 76.1 Å². The number of para-hydroxylation sites is 1. The van der Waals surface area contributed by atoms with Crippen LogP contribution in [0.5, 0.6) is 0 Å². The predicted octanol–water partition coefficient (Wildman–Crippen LogP) is 1.63. The van der Waals surface area contributed by atoms with Crippen LogP contribution in [0.1, 0.15) is 19.4 Å². The normalized spacial score (nSPS) is 15.1. The molecule has 7 heteroatoms. The van der Waals surface area contributed by atoms with Crippen molar-refractivity contribution < 1.29 is 9.59 Å². The highest BCUT2D eigenvalue weighted by molar-refractivity contribution is 5.79.